The van der Waals surface area contributed by atoms with Crippen molar-refractivity contribution < 1.29 is 24.2 Å². The van der Waals surface area contributed by atoms with Gasteiger partial charge in [-0.15, -0.1) is 11.3 Å². The average Bonchev–Trinajstić information content (AvgIpc) is 3.03. The van der Waals surface area contributed by atoms with Crippen LogP contribution in [0.25, 0.3) is 10.6 Å². The van der Waals surface area contributed by atoms with Crippen LogP contribution < -0.4 is 10.1 Å². The number of carbonyl (C=O) groups is 2. The zero-order valence-corrected chi connectivity index (χ0v) is 17.8. The van der Waals surface area contributed by atoms with Crippen molar-refractivity contribution >= 4 is 23.3 Å². The minimum Gasteiger partial charge on any atom is -0.478 e. The number of nitrogens with one attached hydrogen (secondary N) is 1. The Morgan fingerprint density at radius 3 is 2.55 bits per heavy atom. The zero-order chi connectivity index (χ0) is 21.4. The molecule has 2 aromatic rings. The summed E-state index contributed by atoms with van der Waals surface area (Å²) in [4.78, 5) is 27.9. The van der Waals surface area contributed by atoms with Crippen molar-refractivity contribution in [3.63, 3.8) is 0 Å². The van der Waals surface area contributed by atoms with E-state index >= 15 is 0 Å². The molecule has 156 valence electrons. The fourth-order valence-electron chi connectivity index (χ4n) is 2.29. The summed E-state index contributed by atoms with van der Waals surface area (Å²) >= 11 is 1.53. The third-order valence-corrected chi connectivity index (χ3v) is 4.69. The van der Waals surface area contributed by atoms with Crippen LogP contribution in [-0.2, 0) is 14.3 Å². The zero-order valence-electron chi connectivity index (χ0n) is 17.0. The number of carboxylic acid groups (broad SMARTS) is 1. The molecule has 2 N–H and O–H groups in total. The molecular weight excluding hydrogens is 392 g/mol. The van der Waals surface area contributed by atoms with Crippen LogP contribution in [0.15, 0.2) is 42.5 Å². The summed E-state index contributed by atoms with van der Waals surface area (Å²) in [7, 11) is 0. The van der Waals surface area contributed by atoms with Crippen molar-refractivity contribution in [3.8, 4) is 16.5 Å². The molecule has 0 amide bonds. The van der Waals surface area contributed by atoms with Crippen LogP contribution in [0.1, 0.15) is 25.6 Å². The molecule has 29 heavy (non-hydrogen) atoms. The van der Waals surface area contributed by atoms with Crippen LogP contribution in [0.4, 0.5) is 0 Å². The van der Waals surface area contributed by atoms with Crippen molar-refractivity contribution in [1.29, 1.82) is 0 Å². The van der Waals surface area contributed by atoms with Gasteiger partial charge in [0, 0.05) is 29.8 Å². The number of rotatable bonds is 9. The molecule has 0 aliphatic rings. The molecule has 2 rings (SSSR count). The molecule has 0 bridgehead atoms. The van der Waals surface area contributed by atoms with Crippen LogP contribution in [0.5, 0.6) is 5.88 Å². The van der Waals surface area contributed by atoms with E-state index in [1.54, 1.807) is 0 Å². The number of thiazole rings is 1. The SMILES string of the molecule is Cc1sc(-c2ccccc2)nc1OC[C@H](CNC(C)(C)C)OC(=O)/C=C\C(=O)O. The number of hydrogen-bond acceptors (Lipinski definition) is 7. The number of benzene rings is 1. The maximum absolute atomic E-state index is 11.9. The van der Waals surface area contributed by atoms with E-state index in [4.69, 9.17) is 14.6 Å². The Hall–Kier alpha value is -2.71. The van der Waals surface area contributed by atoms with Gasteiger partial charge in [0.1, 0.15) is 17.7 Å². The standard InChI is InChI=1S/C21H26N2O5S/c1-14-19(23-20(29-14)15-8-6-5-7-9-15)27-13-16(12-22-21(2,3)4)28-18(26)11-10-17(24)25/h5-11,16,22H,12-13H2,1-4H3,(H,24,25)/b11-10-/t16-/m0/s1. The lowest BCUT2D eigenvalue weighted by atomic mass is 10.1. The van der Waals surface area contributed by atoms with Crippen LogP contribution in [0.2, 0.25) is 0 Å². The first kappa shape index (κ1) is 22.6. The second kappa shape index (κ2) is 10.2. The van der Waals surface area contributed by atoms with Crippen LogP contribution in [0, 0.1) is 6.92 Å². The van der Waals surface area contributed by atoms with Crippen molar-refractivity contribution in [2.24, 2.45) is 0 Å². The Morgan fingerprint density at radius 1 is 1.24 bits per heavy atom. The predicted octanol–water partition coefficient (Wildman–Crippen LogP) is 3.44. The third-order valence-electron chi connectivity index (χ3n) is 3.69. The molecule has 0 radical (unpaired) electrons. The van der Waals surface area contributed by atoms with Gasteiger partial charge in [-0.3, -0.25) is 0 Å². The summed E-state index contributed by atoms with van der Waals surface area (Å²) in [6, 6.07) is 9.81. The number of aromatic nitrogens is 1. The highest BCUT2D eigenvalue weighted by molar-refractivity contribution is 7.15. The largest absolute Gasteiger partial charge is 0.478 e. The van der Waals surface area contributed by atoms with Crippen molar-refractivity contribution in [3.05, 3.63) is 47.4 Å². The molecule has 1 aromatic heterocycles. The fraction of sp³-hybridized carbons (Fsp3) is 0.381. The van der Waals surface area contributed by atoms with Crippen LogP contribution in [0.3, 0.4) is 0 Å². The van der Waals surface area contributed by atoms with E-state index in [0.29, 0.717) is 12.4 Å². The molecule has 1 aromatic carbocycles. The number of nitrogens with zero attached hydrogens (tertiary/aromatic N) is 1. The van der Waals surface area contributed by atoms with Gasteiger partial charge in [-0.25, -0.2) is 14.6 Å². The number of aryl methyl sites for hydroxylation is 1. The van der Waals surface area contributed by atoms with E-state index in [1.807, 2.05) is 58.0 Å². The number of carboxylic acids is 1. The highest BCUT2D eigenvalue weighted by Crippen LogP contribution is 2.31. The first-order valence-electron chi connectivity index (χ1n) is 9.16. The summed E-state index contributed by atoms with van der Waals surface area (Å²) in [5.41, 5.74) is 0.824. The highest BCUT2D eigenvalue weighted by Gasteiger charge is 2.20. The fourth-order valence-corrected chi connectivity index (χ4v) is 3.15. The van der Waals surface area contributed by atoms with Crippen molar-refractivity contribution in [1.82, 2.24) is 10.3 Å². The molecule has 0 saturated heterocycles. The average molecular weight is 419 g/mol. The van der Waals surface area contributed by atoms with Gasteiger partial charge in [0.25, 0.3) is 0 Å². The van der Waals surface area contributed by atoms with E-state index in [2.05, 4.69) is 10.3 Å². The molecule has 0 aliphatic carbocycles. The van der Waals surface area contributed by atoms with Crippen molar-refractivity contribution in [2.45, 2.75) is 39.3 Å². The summed E-state index contributed by atoms with van der Waals surface area (Å²) in [5, 5.41) is 12.8. The molecular formula is C21H26N2O5S. The van der Waals surface area contributed by atoms with Crippen LogP contribution >= 0.6 is 11.3 Å². The quantitative estimate of drug-likeness (QED) is 0.475. The molecule has 1 heterocycles. The topological polar surface area (TPSA) is 97.8 Å². The molecule has 0 unspecified atom stereocenters. The molecule has 8 heteroatoms. The van der Waals surface area contributed by atoms with E-state index in [-0.39, 0.29) is 12.1 Å². The Balaban J connectivity index is 2.05. The normalized spacial score (nSPS) is 12.7. The van der Waals surface area contributed by atoms with Crippen molar-refractivity contribution in [2.75, 3.05) is 13.2 Å². The smallest absolute Gasteiger partial charge is 0.331 e. The first-order chi connectivity index (χ1) is 13.6. The molecule has 7 nitrogen and oxygen atoms in total. The Morgan fingerprint density at radius 2 is 1.93 bits per heavy atom. The maximum Gasteiger partial charge on any atom is 0.331 e. The summed E-state index contributed by atoms with van der Waals surface area (Å²) in [6.45, 7) is 8.35. The summed E-state index contributed by atoms with van der Waals surface area (Å²) in [6.07, 6.45) is 1.02. The molecule has 0 spiro atoms. The monoisotopic (exact) mass is 418 g/mol. The third kappa shape index (κ3) is 8.05. The first-order valence-corrected chi connectivity index (χ1v) is 9.98. The number of ether oxygens (including phenoxy) is 2. The Kier molecular flexibility index (Phi) is 7.92. The lowest BCUT2D eigenvalue weighted by Gasteiger charge is -2.25. The summed E-state index contributed by atoms with van der Waals surface area (Å²) in [5.74, 6) is -1.46. The summed E-state index contributed by atoms with van der Waals surface area (Å²) < 4.78 is 11.2. The van der Waals surface area contributed by atoms with E-state index in [0.717, 1.165) is 27.6 Å². The second-order valence-corrected chi connectivity index (χ2v) is 8.62. The van der Waals surface area contributed by atoms with Gasteiger partial charge in [-0.05, 0) is 27.7 Å². The van der Waals surface area contributed by atoms with E-state index in [1.165, 1.54) is 11.3 Å². The maximum atomic E-state index is 11.9. The predicted molar refractivity (Wildman–Crippen MR) is 112 cm³/mol. The van der Waals surface area contributed by atoms with E-state index < -0.39 is 18.0 Å². The lowest BCUT2D eigenvalue weighted by molar-refractivity contribution is -0.145. The van der Waals surface area contributed by atoms with Gasteiger partial charge in [0.15, 0.2) is 0 Å². The van der Waals surface area contributed by atoms with Gasteiger partial charge in [0.2, 0.25) is 5.88 Å². The molecule has 0 fully saturated rings. The number of aliphatic carboxylic acids is 1. The van der Waals surface area contributed by atoms with Gasteiger partial charge < -0.3 is 19.9 Å². The van der Waals surface area contributed by atoms with Gasteiger partial charge in [0.05, 0.1) is 4.88 Å². The number of hydrogen-bond donors (Lipinski definition) is 2. The van der Waals surface area contributed by atoms with Gasteiger partial charge in [-0.1, -0.05) is 30.3 Å². The number of carbonyl (C=O) groups excluding carboxylic acids is 1. The van der Waals surface area contributed by atoms with E-state index in [9.17, 15) is 9.59 Å². The molecule has 1 atom stereocenters. The minimum atomic E-state index is -1.21. The Bertz CT molecular complexity index is 856. The molecule has 0 aliphatic heterocycles. The van der Waals surface area contributed by atoms with Gasteiger partial charge >= 0.3 is 11.9 Å². The Labute approximate surface area is 174 Å². The highest BCUT2D eigenvalue weighted by atomic mass is 32.1. The number of esters is 1. The van der Waals surface area contributed by atoms with Crippen LogP contribution in [-0.4, -0.2) is 46.8 Å². The molecule has 0 saturated carbocycles. The minimum absolute atomic E-state index is 0.0918. The van der Waals surface area contributed by atoms with Gasteiger partial charge in [-0.2, -0.15) is 0 Å². The second-order valence-electron chi connectivity index (χ2n) is 7.42. The lowest BCUT2D eigenvalue weighted by Crippen LogP contribution is -2.44.